The van der Waals surface area contributed by atoms with Crippen molar-refractivity contribution >= 4 is 0 Å². The fourth-order valence-electron chi connectivity index (χ4n) is 1.87. The molecule has 0 saturated heterocycles. The largest absolute Gasteiger partial charge is 0.496 e. The van der Waals surface area contributed by atoms with Gasteiger partial charge in [0.15, 0.2) is 0 Å². The lowest BCUT2D eigenvalue weighted by Gasteiger charge is -2.30. The summed E-state index contributed by atoms with van der Waals surface area (Å²) in [5.41, 5.74) is 6.16. The molecule has 1 rings (SSSR count). The first-order valence-electron chi connectivity index (χ1n) is 5.86. The Kier molecular flexibility index (Phi) is 5.12. The fourth-order valence-corrected chi connectivity index (χ4v) is 1.87. The van der Waals surface area contributed by atoms with Crippen molar-refractivity contribution in [3.05, 3.63) is 11.8 Å². The quantitative estimate of drug-likeness (QED) is 0.760. The van der Waals surface area contributed by atoms with Gasteiger partial charge in [-0.1, -0.05) is 13.8 Å². The van der Waals surface area contributed by atoms with E-state index in [1.165, 1.54) is 0 Å². The van der Waals surface area contributed by atoms with Gasteiger partial charge in [0, 0.05) is 6.61 Å². The van der Waals surface area contributed by atoms with E-state index in [0.29, 0.717) is 12.5 Å². The lowest BCUT2D eigenvalue weighted by atomic mass is 9.97. The van der Waals surface area contributed by atoms with Crippen molar-refractivity contribution in [3.63, 3.8) is 0 Å². The third kappa shape index (κ3) is 3.50. The summed E-state index contributed by atoms with van der Waals surface area (Å²) in [4.78, 5) is 0. The summed E-state index contributed by atoms with van der Waals surface area (Å²) in [6.45, 7) is 7.74. The molecule has 0 saturated carbocycles. The van der Waals surface area contributed by atoms with Crippen LogP contribution in [0.3, 0.4) is 0 Å². The fraction of sp³-hybridized carbons (Fsp3) is 0.833. The first kappa shape index (κ1) is 12.5. The standard InChI is InChI=1S/C12H23NO2/c1-4-14-12(9(2)3)11(13)10-7-5-6-8-15-10/h7,9,11-12H,4-6,8,13H2,1-3H3. The minimum atomic E-state index is -0.120. The molecule has 0 bridgehead atoms. The first-order valence-corrected chi connectivity index (χ1v) is 5.86. The van der Waals surface area contributed by atoms with E-state index in [9.17, 15) is 0 Å². The summed E-state index contributed by atoms with van der Waals surface area (Å²) in [6, 6.07) is -0.120. The molecule has 1 aliphatic heterocycles. The maximum absolute atomic E-state index is 6.16. The molecule has 3 heteroatoms. The Morgan fingerprint density at radius 3 is 2.73 bits per heavy atom. The van der Waals surface area contributed by atoms with Gasteiger partial charge in [-0.25, -0.2) is 0 Å². The highest BCUT2D eigenvalue weighted by Crippen LogP contribution is 2.20. The van der Waals surface area contributed by atoms with Gasteiger partial charge in [-0.3, -0.25) is 0 Å². The van der Waals surface area contributed by atoms with Crippen molar-refractivity contribution in [1.82, 2.24) is 0 Å². The number of hydrogen-bond donors (Lipinski definition) is 1. The minimum absolute atomic E-state index is 0.0550. The molecular weight excluding hydrogens is 190 g/mol. The van der Waals surface area contributed by atoms with Crippen molar-refractivity contribution in [2.75, 3.05) is 13.2 Å². The second-order valence-electron chi connectivity index (χ2n) is 4.29. The van der Waals surface area contributed by atoms with E-state index in [4.69, 9.17) is 15.2 Å². The topological polar surface area (TPSA) is 44.5 Å². The predicted molar refractivity (Wildman–Crippen MR) is 61.5 cm³/mol. The molecular formula is C12H23NO2. The monoisotopic (exact) mass is 213 g/mol. The van der Waals surface area contributed by atoms with Crippen molar-refractivity contribution in [3.8, 4) is 0 Å². The molecule has 2 unspecified atom stereocenters. The Balaban J connectivity index is 2.61. The van der Waals surface area contributed by atoms with E-state index in [2.05, 4.69) is 19.9 Å². The van der Waals surface area contributed by atoms with Gasteiger partial charge >= 0.3 is 0 Å². The third-order valence-electron chi connectivity index (χ3n) is 2.66. The van der Waals surface area contributed by atoms with E-state index in [0.717, 1.165) is 25.2 Å². The smallest absolute Gasteiger partial charge is 0.111 e. The van der Waals surface area contributed by atoms with Crippen molar-refractivity contribution in [2.45, 2.75) is 45.8 Å². The first-order chi connectivity index (χ1) is 7.16. The second-order valence-corrected chi connectivity index (χ2v) is 4.29. The summed E-state index contributed by atoms with van der Waals surface area (Å²) in [5.74, 6) is 1.32. The van der Waals surface area contributed by atoms with Gasteiger partial charge in [0.05, 0.1) is 18.8 Å². The molecule has 15 heavy (non-hydrogen) atoms. The number of rotatable bonds is 5. The zero-order valence-electron chi connectivity index (χ0n) is 10.0. The van der Waals surface area contributed by atoms with Crippen LogP contribution in [0.5, 0.6) is 0 Å². The van der Waals surface area contributed by atoms with Gasteiger partial charge in [0.2, 0.25) is 0 Å². The van der Waals surface area contributed by atoms with E-state index in [1.54, 1.807) is 0 Å². The molecule has 1 aliphatic rings. The van der Waals surface area contributed by atoms with Gasteiger partial charge < -0.3 is 15.2 Å². The Bertz CT molecular complexity index is 214. The maximum atomic E-state index is 6.16. The summed E-state index contributed by atoms with van der Waals surface area (Å²) in [5, 5.41) is 0. The highest BCUT2D eigenvalue weighted by atomic mass is 16.5. The van der Waals surface area contributed by atoms with Crippen molar-refractivity contribution < 1.29 is 9.47 Å². The van der Waals surface area contributed by atoms with Crippen LogP contribution in [0.4, 0.5) is 0 Å². The average molecular weight is 213 g/mol. The zero-order chi connectivity index (χ0) is 11.3. The van der Waals surface area contributed by atoms with Gasteiger partial charge in [0.25, 0.3) is 0 Å². The van der Waals surface area contributed by atoms with Crippen molar-refractivity contribution in [2.24, 2.45) is 11.7 Å². The lowest BCUT2D eigenvalue weighted by molar-refractivity contribution is 0.00479. The van der Waals surface area contributed by atoms with Crippen LogP contribution in [-0.4, -0.2) is 25.4 Å². The van der Waals surface area contributed by atoms with Crippen LogP contribution in [0.25, 0.3) is 0 Å². The molecule has 0 aromatic heterocycles. The number of ether oxygens (including phenoxy) is 2. The van der Waals surface area contributed by atoms with Crippen LogP contribution in [0.1, 0.15) is 33.6 Å². The molecule has 2 N–H and O–H groups in total. The Labute approximate surface area is 92.6 Å². The van der Waals surface area contributed by atoms with Crippen LogP contribution in [0.15, 0.2) is 11.8 Å². The van der Waals surface area contributed by atoms with Crippen molar-refractivity contribution in [1.29, 1.82) is 0 Å². The van der Waals surface area contributed by atoms with Crippen LogP contribution in [-0.2, 0) is 9.47 Å². The Morgan fingerprint density at radius 2 is 2.27 bits per heavy atom. The molecule has 0 amide bonds. The van der Waals surface area contributed by atoms with Gasteiger partial charge in [0.1, 0.15) is 5.76 Å². The molecule has 0 aromatic carbocycles. The zero-order valence-corrected chi connectivity index (χ0v) is 10.0. The summed E-state index contributed by atoms with van der Waals surface area (Å²) < 4.78 is 11.2. The molecule has 88 valence electrons. The normalized spacial score (nSPS) is 20.7. The Morgan fingerprint density at radius 1 is 1.53 bits per heavy atom. The lowest BCUT2D eigenvalue weighted by Crippen LogP contribution is -2.43. The summed E-state index contributed by atoms with van der Waals surface area (Å²) in [7, 11) is 0. The molecule has 0 fully saturated rings. The number of nitrogens with two attached hydrogens (primary N) is 1. The molecule has 0 radical (unpaired) electrons. The third-order valence-corrected chi connectivity index (χ3v) is 2.66. The molecule has 0 aromatic rings. The highest BCUT2D eigenvalue weighted by Gasteiger charge is 2.26. The molecule has 0 spiro atoms. The predicted octanol–water partition coefficient (Wildman–Crippen LogP) is 2.07. The van der Waals surface area contributed by atoms with Gasteiger partial charge in [-0.2, -0.15) is 0 Å². The second kappa shape index (κ2) is 6.13. The average Bonchev–Trinajstić information content (AvgIpc) is 2.26. The van der Waals surface area contributed by atoms with Crippen LogP contribution < -0.4 is 5.73 Å². The van der Waals surface area contributed by atoms with Gasteiger partial charge in [-0.05, 0) is 31.8 Å². The van der Waals surface area contributed by atoms with E-state index < -0.39 is 0 Å². The summed E-state index contributed by atoms with van der Waals surface area (Å²) >= 11 is 0. The SMILES string of the molecule is CCOC(C(C)C)C(N)C1=CCCCO1. The van der Waals surface area contributed by atoms with E-state index >= 15 is 0 Å². The van der Waals surface area contributed by atoms with E-state index in [1.807, 2.05) is 6.92 Å². The number of hydrogen-bond acceptors (Lipinski definition) is 3. The Hall–Kier alpha value is -0.540. The number of allylic oxidation sites excluding steroid dienone is 1. The van der Waals surface area contributed by atoms with Crippen LogP contribution in [0.2, 0.25) is 0 Å². The maximum Gasteiger partial charge on any atom is 0.111 e. The molecule has 1 heterocycles. The molecule has 2 atom stereocenters. The summed E-state index contributed by atoms with van der Waals surface area (Å²) in [6.07, 6.45) is 4.32. The minimum Gasteiger partial charge on any atom is -0.496 e. The molecule has 0 aliphatic carbocycles. The highest BCUT2D eigenvalue weighted by molar-refractivity contribution is 5.07. The molecule has 3 nitrogen and oxygen atoms in total. The van der Waals surface area contributed by atoms with Crippen LogP contribution >= 0.6 is 0 Å². The van der Waals surface area contributed by atoms with E-state index in [-0.39, 0.29) is 12.1 Å². The van der Waals surface area contributed by atoms with Gasteiger partial charge in [-0.15, -0.1) is 0 Å². The van der Waals surface area contributed by atoms with Crippen LogP contribution in [0, 0.1) is 5.92 Å².